The van der Waals surface area contributed by atoms with Gasteiger partial charge >= 0.3 is 37.9 Å². The van der Waals surface area contributed by atoms with Crippen LogP contribution < -0.4 is 0 Å². The molecule has 1 saturated carbocycles. The van der Waals surface area contributed by atoms with Gasteiger partial charge in [-0.05, 0) is 0 Å². The predicted octanol–water partition coefficient (Wildman–Crippen LogP) is 4.23. The van der Waals surface area contributed by atoms with E-state index in [1.807, 2.05) is 0 Å². The molecule has 10 heavy (non-hydrogen) atoms. The van der Waals surface area contributed by atoms with E-state index >= 15 is 0 Å². The summed E-state index contributed by atoms with van der Waals surface area (Å²) >= 11 is -0.826. The van der Waals surface area contributed by atoms with Crippen LogP contribution in [0.4, 0.5) is 0 Å². The maximum absolute atomic E-state index is 4.93. The molecule has 0 nitrogen and oxygen atoms in total. The standard InChI is InChI=1S/C5H10.2CH3.2ClH.Zr/c1-2-4-5-3-1;;;;;/h1-5H2;2*1H3;2*1H;/q;2*-1;;;+4/p-2. The van der Waals surface area contributed by atoms with Gasteiger partial charge in [-0.1, -0.05) is 32.1 Å². The fraction of sp³-hybridized carbons (Fsp3) is 0.714. The Morgan fingerprint density at radius 2 is 0.800 bits per heavy atom. The summed E-state index contributed by atoms with van der Waals surface area (Å²) in [6.45, 7) is 0. The molecule has 62 valence electrons. The topological polar surface area (TPSA) is 0 Å². The molecule has 0 aliphatic heterocycles. The Morgan fingerprint density at radius 3 is 0.900 bits per heavy atom. The molecule has 1 aliphatic carbocycles. The van der Waals surface area contributed by atoms with Crippen molar-refractivity contribution in [3.8, 4) is 0 Å². The van der Waals surface area contributed by atoms with Crippen LogP contribution >= 0.6 is 17.0 Å². The summed E-state index contributed by atoms with van der Waals surface area (Å²) in [6, 6.07) is 0. The Kier molecular flexibility index (Phi) is 29.5. The van der Waals surface area contributed by atoms with Crippen LogP contribution in [0, 0.1) is 14.9 Å². The minimum absolute atomic E-state index is 0. The summed E-state index contributed by atoms with van der Waals surface area (Å²) in [4.78, 5) is 0. The van der Waals surface area contributed by atoms with Crippen LogP contribution in [-0.4, -0.2) is 0 Å². The Hall–Kier alpha value is 1.46. The third-order valence-corrected chi connectivity index (χ3v) is 1.25. The van der Waals surface area contributed by atoms with Crippen LogP contribution in [0.1, 0.15) is 32.1 Å². The molecule has 0 heterocycles. The van der Waals surface area contributed by atoms with Gasteiger partial charge in [0.15, 0.2) is 0 Å². The summed E-state index contributed by atoms with van der Waals surface area (Å²) < 4.78 is 0. The Balaban J connectivity index is -0.0000000900. The molecule has 0 radical (unpaired) electrons. The van der Waals surface area contributed by atoms with Gasteiger partial charge < -0.3 is 14.9 Å². The van der Waals surface area contributed by atoms with Crippen LogP contribution in [0.15, 0.2) is 0 Å². The van der Waals surface area contributed by atoms with Gasteiger partial charge in [-0.25, -0.2) is 0 Å². The van der Waals surface area contributed by atoms with Crippen molar-refractivity contribution < 1.29 is 20.8 Å². The van der Waals surface area contributed by atoms with Crippen LogP contribution in [0.25, 0.3) is 0 Å². The molecule has 1 aliphatic rings. The van der Waals surface area contributed by atoms with Crippen molar-refractivity contribution in [1.82, 2.24) is 0 Å². The first-order chi connectivity index (χ1) is 3.91. The van der Waals surface area contributed by atoms with Gasteiger partial charge in [0.1, 0.15) is 0 Å². The third kappa shape index (κ3) is 16.2. The quantitative estimate of drug-likeness (QED) is 0.573. The minimum atomic E-state index is -0.826. The van der Waals surface area contributed by atoms with Crippen molar-refractivity contribution in [1.29, 1.82) is 0 Å². The van der Waals surface area contributed by atoms with Crippen molar-refractivity contribution in [2.45, 2.75) is 32.1 Å². The number of hydrogen-bond donors (Lipinski definition) is 0. The zero-order valence-corrected chi connectivity index (χ0v) is 10.8. The number of hydrogen-bond acceptors (Lipinski definition) is 0. The molecule has 0 bridgehead atoms. The van der Waals surface area contributed by atoms with Gasteiger partial charge in [0.05, 0.1) is 0 Å². The summed E-state index contributed by atoms with van der Waals surface area (Å²) in [5, 5.41) is 0. The average Bonchev–Trinajstić information content (AvgIpc) is 2.17. The molecule has 0 N–H and O–H groups in total. The third-order valence-electron chi connectivity index (χ3n) is 1.25. The first-order valence-electron chi connectivity index (χ1n) is 2.88. The van der Waals surface area contributed by atoms with Crippen LogP contribution in [0.3, 0.4) is 0 Å². The van der Waals surface area contributed by atoms with Crippen molar-refractivity contribution >= 4 is 17.0 Å². The molecule has 0 amide bonds. The van der Waals surface area contributed by atoms with E-state index in [1.165, 1.54) is 32.1 Å². The SMILES string of the molecule is C1CCCC1.[CH3-].[CH3-].[Cl][Zr+2][Cl]. The first kappa shape index (κ1) is 17.5. The summed E-state index contributed by atoms with van der Waals surface area (Å²) in [5.74, 6) is 0. The summed E-state index contributed by atoms with van der Waals surface area (Å²) in [7, 11) is 9.87. The van der Waals surface area contributed by atoms with Crippen LogP contribution in [0.5, 0.6) is 0 Å². The number of halogens is 2. The zero-order valence-electron chi connectivity index (χ0n) is 6.79. The molecule has 1 fully saturated rings. The molecule has 0 spiro atoms. The second kappa shape index (κ2) is 16.8. The second-order valence-electron chi connectivity index (χ2n) is 1.84. The van der Waals surface area contributed by atoms with Gasteiger partial charge in [0, 0.05) is 0 Å². The van der Waals surface area contributed by atoms with E-state index in [0.29, 0.717) is 0 Å². The van der Waals surface area contributed by atoms with Gasteiger partial charge in [0.25, 0.3) is 0 Å². The van der Waals surface area contributed by atoms with Gasteiger partial charge in [0.2, 0.25) is 0 Å². The van der Waals surface area contributed by atoms with Crippen molar-refractivity contribution in [3.63, 3.8) is 0 Å². The summed E-state index contributed by atoms with van der Waals surface area (Å²) in [6.07, 6.45) is 7.50. The van der Waals surface area contributed by atoms with Crippen molar-refractivity contribution in [2.24, 2.45) is 0 Å². The fourth-order valence-corrected chi connectivity index (χ4v) is 0.884. The average molecular weight is 262 g/mol. The Bertz CT molecular complexity index is 31.0. The molecule has 0 atom stereocenters. The Labute approximate surface area is 84.3 Å². The second-order valence-corrected chi connectivity index (χ2v) is 5.57. The van der Waals surface area contributed by atoms with Crippen molar-refractivity contribution in [2.75, 3.05) is 0 Å². The number of rotatable bonds is 0. The Morgan fingerprint density at radius 1 is 0.700 bits per heavy atom. The summed E-state index contributed by atoms with van der Waals surface area (Å²) in [5.41, 5.74) is 0. The van der Waals surface area contributed by atoms with E-state index in [1.54, 1.807) is 0 Å². The van der Waals surface area contributed by atoms with E-state index in [2.05, 4.69) is 0 Å². The molecule has 3 heteroatoms. The monoisotopic (exact) mass is 260 g/mol. The maximum atomic E-state index is 4.93. The van der Waals surface area contributed by atoms with Gasteiger partial charge in [-0.3, -0.25) is 0 Å². The van der Waals surface area contributed by atoms with Gasteiger partial charge in [-0.2, -0.15) is 0 Å². The van der Waals surface area contributed by atoms with E-state index in [0.717, 1.165) is 0 Å². The first-order valence-corrected chi connectivity index (χ1v) is 9.21. The molecular weight excluding hydrogens is 246 g/mol. The normalized spacial score (nSPS) is 13.0. The van der Waals surface area contributed by atoms with E-state index < -0.39 is 20.8 Å². The molecule has 0 unspecified atom stereocenters. The molecule has 0 saturated heterocycles. The van der Waals surface area contributed by atoms with E-state index in [4.69, 9.17) is 17.0 Å². The molecule has 1 rings (SSSR count). The zero-order chi connectivity index (χ0) is 6.24. The van der Waals surface area contributed by atoms with Crippen LogP contribution in [0.2, 0.25) is 0 Å². The van der Waals surface area contributed by atoms with Gasteiger partial charge in [-0.15, -0.1) is 0 Å². The van der Waals surface area contributed by atoms with E-state index in [9.17, 15) is 0 Å². The molecule has 0 aromatic carbocycles. The predicted molar refractivity (Wildman–Crippen MR) is 47.6 cm³/mol. The van der Waals surface area contributed by atoms with Crippen molar-refractivity contribution in [3.05, 3.63) is 14.9 Å². The molecule has 0 aromatic rings. The molecule has 0 aromatic heterocycles. The van der Waals surface area contributed by atoms with Crippen LogP contribution in [-0.2, 0) is 20.8 Å². The molecular formula is C7H16Cl2Zr. The fourth-order valence-electron chi connectivity index (χ4n) is 0.884. The van der Waals surface area contributed by atoms with E-state index in [-0.39, 0.29) is 14.9 Å².